The van der Waals surface area contributed by atoms with E-state index in [4.69, 9.17) is 1.37 Å². The Morgan fingerprint density at radius 2 is 2.46 bits per heavy atom. The molecule has 5 nitrogen and oxygen atoms in total. The lowest BCUT2D eigenvalue weighted by Crippen LogP contribution is -2.22. The van der Waals surface area contributed by atoms with Crippen molar-refractivity contribution in [3.63, 3.8) is 0 Å². The second-order valence-corrected chi connectivity index (χ2v) is 3.60. The average Bonchev–Trinajstić information content (AvgIpc) is 2.13. The van der Waals surface area contributed by atoms with E-state index in [0.29, 0.717) is 0 Å². The van der Waals surface area contributed by atoms with E-state index in [9.17, 15) is 12.8 Å². The molecule has 0 radical (unpaired) electrons. The van der Waals surface area contributed by atoms with Crippen molar-refractivity contribution in [2.24, 2.45) is 4.40 Å². The first-order valence-electron chi connectivity index (χ1n) is 3.79. The Hall–Kier alpha value is -1.21. The van der Waals surface area contributed by atoms with Crippen LogP contribution < -0.4 is 10.2 Å². The van der Waals surface area contributed by atoms with Gasteiger partial charge in [-0.3, -0.25) is 0 Å². The van der Waals surface area contributed by atoms with Crippen LogP contribution in [-0.2, 0) is 10.2 Å². The van der Waals surface area contributed by atoms with Crippen LogP contribution in [-0.4, -0.2) is 20.4 Å². The van der Waals surface area contributed by atoms with Crippen molar-refractivity contribution < 1.29 is 14.2 Å². The van der Waals surface area contributed by atoms with Gasteiger partial charge in [0.05, 0.1) is 1.37 Å². The number of nitrogens with zero attached hydrogens (tertiary/aromatic N) is 1. The zero-order chi connectivity index (χ0) is 10.8. The van der Waals surface area contributed by atoms with E-state index in [2.05, 4.69) is 9.38 Å². The second-order valence-electron chi connectivity index (χ2n) is 2.06. The SMILES string of the molecule is [2H]c1cc[nH]c(=NS(=O)(=O)NC)c1F. The van der Waals surface area contributed by atoms with Gasteiger partial charge in [0.25, 0.3) is 0 Å². The molecule has 2 N–H and O–H groups in total. The molecule has 0 aliphatic carbocycles. The van der Waals surface area contributed by atoms with Gasteiger partial charge in [-0.05, 0) is 12.1 Å². The van der Waals surface area contributed by atoms with Gasteiger partial charge >= 0.3 is 10.2 Å². The fourth-order valence-electron chi connectivity index (χ4n) is 0.599. The molecule has 0 saturated heterocycles. The standard InChI is InChI=1S/C6H8FN3O2S/c1-8-13(11,12)10-6-5(7)3-2-4-9-6/h2-4,8H,1H3,(H,9,10)/i3D. The second kappa shape index (κ2) is 3.67. The van der Waals surface area contributed by atoms with E-state index in [1.807, 2.05) is 4.72 Å². The Balaban J connectivity index is 3.41. The molecule has 0 amide bonds. The molecule has 0 aliphatic rings. The van der Waals surface area contributed by atoms with Crippen molar-refractivity contribution in [1.82, 2.24) is 9.71 Å². The Morgan fingerprint density at radius 1 is 1.77 bits per heavy atom. The van der Waals surface area contributed by atoms with E-state index in [1.54, 1.807) is 0 Å². The number of halogens is 1. The van der Waals surface area contributed by atoms with Gasteiger partial charge in [0.15, 0.2) is 11.3 Å². The number of H-pyrrole nitrogens is 1. The largest absolute Gasteiger partial charge is 0.344 e. The van der Waals surface area contributed by atoms with Crippen LogP contribution in [0, 0.1) is 5.82 Å². The van der Waals surface area contributed by atoms with E-state index < -0.39 is 27.6 Å². The summed E-state index contributed by atoms with van der Waals surface area (Å²) in [6, 6.07) is 0.731. The third-order valence-electron chi connectivity index (χ3n) is 1.19. The number of pyridine rings is 1. The molecular weight excluding hydrogens is 197 g/mol. The van der Waals surface area contributed by atoms with E-state index >= 15 is 0 Å². The third kappa shape index (κ3) is 2.63. The number of nitrogens with one attached hydrogen (secondary N) is 2. The molecule has 1 aromatic rings. The van der Waals surface area contributed by atoms with Crippen molar-refractivity contribution in [2.75, 3.05) is 7.05 Å². The monoisotopic (exact) mass is 206 g/mol. The Labute approximate surface area is 75.9 Å². The van der Waals surface area contributed by atoms with Gasteiger partial charge in [0.1, 0.15) is 0 Å². The van der Waals surface area contributed by atoms with Crippen LogP contribution in [0.25, 0.3) is 0 Å². The van der Waals surface area contributed by atoms with Gasteiger partial charge in [0.2, 0.25) is 0 Å². The highest BCUT2D eigenvalue weighted by atomic mass is 32.2. The lowest BCUT2D eigenvalue weighted by Gasteiger charge is -1.93. The summed E-state index contributed by atoms with van der Waals surface area (Å²) in [7, 11) is -2.74. The highest BCUT2D eigenvalue weighted by Crippen LogP contribution is 1.86. The number of aromatic nitrogens is 1. The van der Waals surface area contributed by atoms with Crippen molar-refractivity contribution in [2.45, 2.75) is 0 Å². The summed E-state index contributed by atoms with van der Waals surface area (Å²) in [6.45, 7) is 0. The highest BCUT2D eigenvalue weighted by Gasteiger charge is 2.03. The summed E-state index contributed by atoms with van der Waals surface area (Å²) in [6.07, 6.45) is 1.23. The maximum atomic E-state index is 13.1. The molecule has 1 rings (SSSR count). The third-order valence-corrected chi connectivity index (χ3v) is 2.13. The Bertz CT molecular complexity index is 496. The first kappa shape index (κ1) is 8.39. The van der Waals surface area contributed by atoms with E-state index in [1.165, 1.54) is 6.20 Å². The average molecular weight is 206 g/mol. The molecular formula is C6H8FN3O2S. The molecule has 0 bridgehead atoms. The van der Waals surface area contributed by atoms with Gasteiger partial charge < -0.3 is 4.98 Å². The van der Waals surface area contributed by atoms with Crippen LogP contribution in [0.15, 0.2) is 22.7 Å². The number of aromatic amines is 1. The van der Waals surface area contributed by atoms with E-state index in [-0.39, 0.29) is 0 Å². The summed E-state index contributed by atoms with van der Waals surface area (Å²) >= 11 is 0. The first-order chi connectivity index (χ1) is 6.46. The smallest absolute Gasteiger partial charge is 0.321 e. The van der Waals surface area contributed by atoms with Gasteiger partial charge in [-0.15, -0.1) is 4.40 Å². The molecule has 1 aromatic heterocycles. The molecule has 1 heterocycles. The van der Waals surface area contributed by atoms with Crippen molar-refractivity contribution in [1.29, 1.82) is 0 Å². The number of hydrogen-bond acceptors (Lipinski definition) is 2. The van der Waals surface area contributed by atoms with E-state index in [0.717, 1.165) is 13.1 Å². The zero-order valence-corrected chi connectivity index (χ0v) is 7.52. The van der Waals surface area contributed by atoms with Gasteiger partial charge in [-0.25, -0.2) is 4.39 Å². The van der Waals surface area contributed by atoms with Crippen molar-refractivity contribution in [3.8, 4) is 0 Å². The predicted octanol–water partition coefficient (Wildman–Crippen LogP) is -0.481. The van der Waals surface area contributed by atoms with Crippen LogP contribution in [0.2, 0.25) is 0 Å². The highest BCUT2D eigenvalue weighted by molar-refractivity contribution is 7.88. The van der Waals surface area contributed by atoms with Crippen LogP contribution >= 0.6 is 0 Å². The molecule has 0 saturated carbocycles. The molecule has 7 heteroatoms. The van der Waals surface area contributed by atoms with Crippen LogP contribution in [0.1, 0.15) is 1.37 Å². The molecule has 13 heavy (non-hydrogen) atoms. The molecule has 0 fully saturated rings. The maximum absolute atomic E-state index is 13.1. The van der Waals surface area contributed by atoms with Gasteiger partial charge in [-0.1, -0.05) is 0 Å². The molecule has 72 valence electrons. The number of hydrogen-bond donors (Lipinski definition) is 2. The normalized spacial score (nSPS) is 14.3. The van der Waals surface area contributed by atoms with Gasteiger partial charge in [-0.2, -0.15) is 13.1 Å². The minimum Gasteiger partial charge on any atom is -0.344 e. The van der Waals surface area contributed by atoms with Gasteiger partial charge in [0, 0.05) is 13.2 Å². The van der Waals surface area contributed by atoms with Crippen LogP contribution in [0.5, 0.6) is 0 Å². The minimum atomic E-state index is -3.89. The van der Waals surface area contributed by atoms with Crippen molar-refractivity contribution in [3.05, 3.63) is 29.6 Å². The quantitative estimate of drug-likeness (QED) is 0.685. The summed E-state index contributed by atoms with van der Waals surface area (Å²) < 4.78 is 46.9. The van der Waals surface area contributed by atoms with Crippen molar-refractivity contribution >= 4 is 10.2 Å². The predicted molar refractivity (Wildman–Crippen MR) is 44.3 cm³/mol. The molecule has 0 aromatic carbocycles. The van der Waals surface area contributed by atoms with Crippen LogP contribution in [0.4, 0.5) is 4.39 Å². The minimum absolute atomic E-state index is 0.422. The molecule has 0 atom stereocenters. The molecule has 0 aliphatic heterocycles. The molecule has 0 spiro atoms. The fourth-order valence-corrected chi connectivity index (χ4v) is 1.06. The Kier molecular flexibility index (Phi) is 2.37. The lowest BCUT2D eigenvalue weighted by molar-refractivity contribution is 0.580. The first-order valence-corrected chi connectivity index (χ1v) is 4.73. The molecule has 0 unspecified atom stereocenters. The lowest BCUT2D eigenvalue weighted by atomic mass is 10.5. The summed E-state index contributed by atoms with van der Waals surface area (Å²) in [5.41, 5.74) is -0.494. The Morgan fingerprint density at radius 3 is 3.08 bits per heavy atom. The summed E-state index contributed by atoms with van der Waals surface area (Å²) in [4.78, 5) is 2.29. The summed E-state index contributed by atoms with van der Waals surface area (Å²) in [5.74, 6) is -1.01. The topological polar surface area (TPSA) is 74.3 Å². The van der Waals surface area contributed by atoms with Crippen LogP contribution in [0.3, 0.4) is 0 Å². The zero-order valence-electron chi connectivity index (χ0n) is 7.70. The summed E-state index contributed by atoms with van der Waals surface area (Å²) in [5, 5.41) is 0. The maximum Gasteiger partial charge on any atom is 0.321 e. The number of rotatable bonds is 2. The fraction of sp³-hybridized carbons (Fsp3) is 0.167.